The first kappa shape index (κ1) is 16.8. The molecule has 0 radical (unpaired) electrons. The Morgan fingerprint density at radius 3 is 2.87 bits per heavy atom. The highest BCUT2D eigenvalue weighted by molar-refractivity contribution is 7.99. The zero-order valence-electron chi connectivity index (χ0n) is 13.4. The van der Waals surface area contributed by atoms with E-state index in [2.05, 4.69) is 5.32 Å². The van der Waals surface area contributed by atoms with Gasteiger partial charge in [0.2, 0.25) is 5.91 Å². The van der Waals surface area contributed by atoms with Gasteiger partial charge in [0.1, 0.15) is 5.82 Å². The van der Waals surface area contributed by atoms with Crippen molar-refractivity contribution in [2.24, 2.45) is 11.7 Å². The van der Waals surface area contributed by atoms with Gasteiger partial charge in [-0.1, -0.05) is 32.1 Å². The lowest BCUT2D eigenvalue weighted by Gasteiger charge is -2.28. The highest BCUT2D eigenvalue weighted by atomic mass is 32.2. The van der Waals surface area contributed by atoms with Crippen molar-refractivity contribution in [2.75, 3.05) is 5.75 Å². The van der Waals surface area contributed by atoms with Crippen LogP contribution in [-0.2, 0) is 4.79 Å². The number of carbonyl (C=O) groups excluding carboxylic acids is 1. The van der Waals surface area contributed by atoms with Crippen molar-refractivity contribution in [3.05, 3.63) is 29.6 Å². The third kappa shape index (κ3) is 4.27. The molecule has 3 N–H and O–H groups in total. The number of amides is 1. The molecule has 1 heterocycles. The fourth-order valence-electron chi connectivity index (χ4n) is 3.68. The van der Waals surface area contributed by atoms with E-state index < -0.39 is 6.04 Å². The quantitative estimate of drug-likeness (QED) is 0.880. The van der Waals surface area contributed by atoms with Crippen LogP contribution < -0.4 is 11.1 Å². The molecule has 1 aromatic rings. The monoisotopic (exact) mass is 336 g/mol. The number of carbonyl (C=O) groups is 1. The summed E-state index contributed by atoms with van der Waals surface area (Å²) in [5.74, 6) is 1.16. The zero-order chi connectivity index (χ0) is 16.2. The molecule has 0 saturated heterocycles. The van der Waals surface area contributed by atoms with Gasteiger partial charge >= 0.3 is 0 Å². The van der Waals surface area contributed by atoms with Crippen molar-refractivity contribution in [1.82, 2.24) is 5.32 Å². The minimum absolute atomic E-state index is 0.0947. The van der Waals surface area contributed by atoms with E-state index in [1.54, 1.807) is 23.9 Å². The van der Waals surface area contributed by atoms with E-state index in [-0.39, 0.29) is 17.8 Å². The Bertz CT molecular complexity index is 560. The second-order valence-electron chi connectivity index (χ2n) is 6.73. The molecule has 0 bridgehead atoms. The predicted octanol–water partition coefficient (Wildman–Crippen LogP) is 3.78. The standard InChI is InChI=1S/C18H25FN2OS/c19-13-6-7-17-14(11-13)16(8-9-23-17)21-18(22)15(20)10-12-4-2-1-3-5-12/h6-7,11-12,15-16H,1-5,8-10,20H2,(H,21,22). The average Bonchev–Trinajstić information content (AvgIpc) is 2.56. The van der Waals surface area contributed by atoms with Crippen LogP contribution >= 0.6 is 11.8 Å². The maximum absolute atomic E-state index is 13.5. The van der Waals surface area contributed by atoms with Crippen molar-refractivity contribution in [3.63, 3.8) is 0 Å². The SMILES string of the molecule is NC(CC1CCCCC1)C(=O)NC1CCSc2ccc(F)cc21. The lowest BCUT2D eigenvalue weighted by Crippen LogP contribution is -2.44. The van der Waals surface area contributed by atoms with E-state index >= 15 is 0 Å². The Balaban J connectivity index is 1.60. The Kier molecular flexibility index (Phi) is 5.59. The molecule has 3 nitrogen and oxygen atoms in total. The molecule has 1 amide bonds. The zero-order valence-corrected chi connectivity index (χ0v) is 14.2. The second kappa shape index (κ2) is 7.67. The van der Waals surface area contributed by atoms with Crippen LogP contribution in [0.4, 0.5) is 4.39 Å². The maximum Gasteiger partial charge on any atom is 0.237 e. The van der Waals surface area contributed by atoms with Crippen LogP contribution in [0.25, 0.3) is 0 Å². The maximum atomic E-state index is 13.5. The molecule has 1 aromatic carbocycles. The highest BCUT2D eigenvalue weighted by Crippen LogP contribution is 2.36. The second-order valence-corrected chi connectivity index (χ2v) is 7.86. The van der Waals surface area contributed by atoms with Gasteiger partial charge in [-0.15, -0.1) is 11.8 Å². The van der Waals surface area contributed by atoms with E-state index in [0.29, 0.717) is 5.92 Å². The van der Waals surface area contributed by atoms with Crippen LogP contribution in [0.3, 0.4) is 0 Å². The lowest BCUT2D eigenvalue weighted by atomic mass is 9.85. The fourth-order valence-corrected chi connectivity index (χ4v) is 4.79. The molecule has 1 aliphatic carbocycles. The molecule has 1 aliphatic heterocycles. The number of rotatable bonds is 4. The number of nitrogens with one attached hydrogen (secondary N) is 1. The first-order valence-corrected chi connectivity index (χ1v) is 9.60. The lowest BCUT2D eigenvalue weighted by molar-refractivity contribution is -0.123. The molecular weight excluding hydrogens is 311 g/mol. The van der Waals surface area contributed by atoms with Gasteiger partial charge in [-0.2, -0.15) is 0 Å². The smallest absolute Gasteiger partial charge is 0.237 e. The van der Waals surface area contributed by atoms with E-state index in [1.165, 1.54) is 38.2 Å². The summed E-state index contributed by atoms with van der Waals surface area (Å²) < 4.78 is 13.5. The first-order chi connectivity index (χ1) is 11.1. The summed E-state index contributed by atoms with van der Waals surface area (Å²) in [6, 6.07) is 4.25. The average molecular weight is 336 g/mol. The van der Waals surface area contributed by atoms with Gasteiger partial charge in [-0.05, 0) is 42.5 Å². The molecule has 1 fully saturated rings. The summed E-state index contributed by atoms with van der Waals surface area (Å²) in [6.07, 6.45) is 7.79. The molecule has 2 unspecified atom stereocenters. The molecule has 2 atom stereocenters. The third-order valence-electron chi connectivity index (χ3n) is 4.98. The summed E-state index contributed by atoms with van der Waals surface area (Å²) in [4.78, 5) is 13.5. The van der Waals surface area contributed by atoms with Gasteiger partial charge < -0.3 is 11.1 Å². The number of nitrogens with two attached hydrogens (primary N) is 1. The normalized spacial score (nSPS) is 23.1. The minimum Gasteiger partial charge on any atom is -0.348 e. The van der Waals surface area contributed by atoms with Crippen LogP contribution in [-0.4, -0.2) is 17.7 Å². The van der Waals surface area contributed by atoms with Gasteiger partial charge in [-0.3, -0.25) is 4.79 Å². The van der Waals surface area contributed by atoms with Gasteiger partial charge in [0, 0.05) is 10.6 Å². The molecule has 0 aromatic heterocycles. The van der Waals surface area contributed by atoms with Crippen LogP contribution in [0.2, 0.25) is 0 Å². The van der Waals surface area contributed by atoms with E-state index in [9.17, 15) is 9.18 Å². The van der Waals surface area contributed by atoms with Crippen LogP contribution in [0.1, 0.15) is 56.6 Å². The number of benzene rings is 1. The Hall–Kier alpha value is -1.07. The van der Waals surface area contributed by atoms with E-state index in [1.807, 2.05) is 0 Å². The van der Waals surface area contributed by atoms with Crippen LogP contribution in [0, 0.1) is 11.7 Å². The highest BCUT2D eigenvalue weighted by Gasteiger charge is 2.26. The molecule has 126 valence electrons. The molecule has 1 saturated carbocycles. The number of halogens is 1. The van der Waals surface area contributed by atoms with Crippen LogP contribution in [0.5, 0.6) is 0 Å². The Labute approximate surface area is 141 Å². The molecule has 0 spiro atoms. The van der Waals surface area contributed by atoms with Gasteiger partial charge in [-0.25, -0.2) is 4.39 Å². The van der Waals surface area contributed by atoms with E-state index in [0.717, 1.165) is 29.1 Å². The Morgan fingerprint density at radius 2 is 2.09 bits per heavy atom. The number of fused-ring (bicyclic) bond motifs is 1. The molecule has 2 aliphatic rings. The van der Waals surface area contributed by atoms with E-state index in [4.69, 9.17) is 5.73 Å². The number of hydrogen-bond acceptors (Lipinski definition) is 3. The van der Waals surface area contributed by atoms with Crippen molar-refractivity contribution in [2.45, 2.75) is 61.9 Å². The molecule has 23 heavy (non-hydrogen) atoms. The topological polar surface area (TPSA) is 55.1 Å². The predicted molar refractivity (Wildman–Crippen MR) is 91.8 cm³/mol. The van der Waals surface area contributed by atoms with Crippen molar-refractivity contribution in [1.29, 1.82) is 0 Å². The summed E-state index contributed by atoms with van der Waals surface area (Å²) in [5, 5.41) is 3.05. The first-order valence-electron chi connectivity index (χ1n) is 8.61. The van der Waals surface area contributed by atoms with Crippen molar-refractivity contribution in [3.8, 4) is 0 Å². The van der Waals surface area contributed by atoms with Crippen LogP contribution in [0.15, 0.2) is 23.1 Å². The summed E-state index contributed by atoms with van der Waals surface area (Å²) in [7, 11) is 0. The Morgan fingerprint density at radius 1 is 1.30 bits per heavy atom. The summed E-state index contributed by atoms with van der Waals surface area (Å²) in [5.41, 5.74) is 7.01. The number of hydrogen-bond donors (Lipinski definition) is 2. The summed E-state index contributed by atoms with van der Waals surface area (Å²) >= 11 is 1.72. The molecule has 3 rings (SSSR count). The number of thioether (sulfide) groups is 1. The van der Waals surface area contributed by atoms with Gasteiger partial charge in [0.15, 0.2) is 0 Å². The van der Waals surface area contributed by atoms with Crippen molar-refractivity contribution >= 4 is 17.7 Å². The fraction of sp³-hybridized carbons (Fsp3) is 0.611. The van der Waals surface area contributed by atoms with Gasteiger partial charge in [0.25, 0.3) is 0 Å². The minimum atomic E-state index is -0.454. The van der Waals surface area contributed by atoms with Gasteiger partial charge in [0.05, 0.1) is 12.1 Å². The largest absolute Gasteiger partial charge is 0.348 e. The summed E-state index contributed by atoms with van der Waals surface area (Å²) in [6.45, 7) is 0. The van der Waals surface area contributed by atoms with Crippen molar-refractivity contribution < 1.29 is 9.18 Å². The molecular formula is C18H25FN2OS. The third-order valence-corrected chi connectivity index (χ3v) is 6.10. The molecule has 5 heteroatoms.